The monoisotopic (exact) mass is 1040 g/mol. The lowest BCUT2D eigenvalue weighted by molar-refractivity contribution is -0.167. The van der Waals surface area contributed by atoms with E-state index in [2.05, 4.69) is 118 Å². The molecule has 6 nitrogen and oxygen atoms in total. The van der Waals surface area contributed by atoms with Crippen molar-refractivity contribution in [3.63, 3.8) is 0 Å². The van der Waals surface area contributed by atoms with Gasteiger partial charge < -0.3 is 14.2 Å². The van der Waals surface area contributed by atoms with Crippen LogP contribution in [0, 0.1) is 0 Å². The Bertz CT molecular complexity index is 1480. The molecule has 0 aromatic rings. The quantitative estimate of drug-likeness (QED) is 0.0261. The Morgan fingerprint density at radius 2 is 0.520 bits per heavy atom. The van der Waals surface area contributed by atoms with Crippen LogP contribution in [0.5, 0.6) is 0 Å². The van der Waals surface area contributed by atoms with Crippen molar-refractivity contribution >= 4 is 17.9 Å². The molecule has 1 unspecified atom stereocenters. The number of esters is 3. The summed E-state index contributed by atoms with van der Waals surface area (Å²) in [7, 11) is 0. The van der Waals surface area contributed by atoms with Crippen molar-refractivity contribution in [2.24, 2.45) is 0 Å². The molecule has 0 aliphatic rings. The average molecular weight is 1040 g/mol. The fourth-order valence-electron chi connectivity index (χ4n) is 8.83. The summed E-state index contributed by atoms with van der Waals surface area (Å²) < 4.78 is 16.9. The fourth-order valence-corrected chi connectivity index (χ4v) is 8.83. The molecule has 0 aliphatic carbocycles. The topological polar surface area (TPSA) is 78.9 Å². The number of carbonyl (C=O) groups excluding carboxylic acids is 3. The van der Waals surface area contributed by atoms with Crippen LogP contribution in [0.25, 0.3) is 0 Å². The van der Waals surface area contributed by atoms with E-state index in [0.29, 0.717) is 19.3 Å². The van der Waals surface area contributed by atoms with Crippen molar-refractivity contribution in [2.75, 3.05) is 13.2 Å². The number of unbranched alkanes of at least 4 members (excludes halogenated alkanes) is 30. The van der Waals surface area contributed by atoms with Crippen molar-refractivity contribution in [1.29, 1.82) is 0 Å². The van der Waals surface area contributed by atoms with Crippen molar-refractivity contribution in [1.82, 2.24) is 0 Å². The minimum Gasteiger partial charge on any atom is -0.462 e. The van der Waals surface area contributed by atoms with E-state index in [1.807, 2.05) is 0 Å². The standard InChI is InChI=1S/C69H118O6/c1-4-7-10-13-16-19-22-25-27-29-30-31-32-33-34-35-36-37-38-40-41-44-47-50-53-56-59-62-68(71)74-65-66(64-73-67(70)61-58-55-52-49-46-43-24-21-18-15-12-9-6-3)75-69(72)63-60-57-54-51-48-45-42-39-28-26-23-20-17-14-11-8-5-2/h7,10,16,19,21,24-25,27,30-31,33-34,36-37,40-41,66H,4-6,8-9,11-15,17-18,20,22-23,26,28-29,32,35,38-39,42-65H2,1-3H3/b10-7-,19-16-,24-21-,27-25-,31-30-,34-33-,37-36-,41-40-. The van der Waals surface area contributed by atoms with Gasteiger partial charge in [0.1, 0.15) is 13.2 Å². The van der Waals surface area contributed by atoms with Gasteiger partial charge in [-0.1, -0.05) is 279 Å². The Balaban J connectivity index is 4.36. The third-order valence-electron chi connectivity index (χ3n) is 13.6. The molecule has 0 saturated carbocycles. The van der Waals surface area contributed by atoms with Crippen molar-refractivity contribution < 1.29 is 28.6 Å². The van der Waals surface area contributed by atoms with Crippen LogP contribution in [0.15, 0.2) is 97.2 Å². The van der Waals surface area contributed by atoms with Crippen LogP contribution < -0.4 is 0 Å². The number of rotatable bonds is 57. The Morgan fingerprint density at radius 3 is 0.840 bits per heavy atom. The molecule has 0 heterocycles. The van der Waals surface area contributed by atoms with Crippen LogP contribution in [0.4, 0.5) is 0 Å². The molecule has 0 aliphatic heterocycles. The number of hydrogen-bond donors (Lipinski definition) is 0. The lowest BCUT2D eigenvalue weighted by Crippen LogP contribution is -2.30. The van der Waals surface area contributed by atoms with Crippen LogP contribution in [0.2, 0.25) is 0 Å². The van der Waals surface area contributed by atoms with Gasteiger partial charge in [0.05, 0.1) is 0 Å². The van der Waals surface area contributed by atoms with Gasteiger partial charge in [-0.15, -0.1) is 0 Å². The lowest BCUT2D eigenvalue weighted by Gasteiger charge is -2.18. The molecular formula is C69H118O6. The summed E-state index contributed by atoms with van der Waals surface area (Å²) in [6.07, 6.45) is 84.1. The van der Waals surface area contributed by atoms with Crippen molar-refractivity contribution in [2.45, 2.75) is 309 Å². The van der Waals surface area contributed by atoms with E-state index < -0.39 is 6.10 Å². The van der Waals surface area contributed by atoms with Crippen molar-refractivity contribution in [3.05, 3.63) is 97.2 Å². The molecule has 0 N–H and O–H groups in total. The van der Waals surface area contributed by atoms with E-state index in [-0.39, 0.29) is 31.1 Å². The number of hydrogen-bond acceptors (Lipinski definition) is 6. The zero-order valence-electron chi connectivity index (χ0n) is 49.3. The molecule has 1 atom stereocenters. The second kappa shape index (κ2) is 62.9. The van der Waals surface area contributed by atoms with Crippen LogP contribution in [-0.2, 0) is 28.6 Å². The first-order chi connectivity index (χ1) is 37.0. The highest BCUT2D eigenvalue weighted by Gasteiger charge is 2.19. The summed E-state index contributed by atoms with van der Waals surface area (Å²) in [4.78, 5) is 38.3. The highest BCUT2D eigenvalue weighted by Crippen LogP contribution is 2.16. The highest BCUT2D eigenvalue weighted by molar-refractivity contribution is 5.71. The molecule has 0 bridgehead atoms. The Hall–Kier alpha value is -3.67. The molecule has 6 heteroatoms. The minimum absolute atomic E-state index is 0.0858. The van der Waals surface area contributed by atoms with Gasteiger partial charge in [0.2, 0.25) is 0 Å². The first-order valence-electron chi connectivity index (χ1n) is 31.7. The normalized spacial score (nSPS) is 12.7. The zero-order chi connectivity index (χ0) is 54.3. The molecule has 0 spiro atoms. The van der Waals surface area contributed by atoms with Gasteiger partial charge in [0.15, 0.2) is 6.10 Å². The van der Waals surface area contributed by atoms with Gasteiger partial charge in [-0.3, -0.25) is 14.4 Å². The molecule has 75 heavy (non-hydrogen) atoms. The first-order valence-corrected chi connectivity index (χ1v) is 31.7. The van der Waals surface area contributed by atoms with Gasteiger partial charge in [-0.25, -0.2) is 0 Å². The predicted molar refractivity (Wildman–Crippen MR) is 325 cm³/mol. The van der Waals surface area contributed by atoms with E-state index in [9.17, 15) is 14.4 Å². The fraction of sp³-hybridized carbons (Fsp3) is 0.725. The summed E-state index contributed by atoms with van der Waals surface area (Å²) in [6.45, 7) is 6.52. The Kier molecular flexibility index (Phi) is 59.8. The van der Waals surface area contributed by atoms with Crippen LogP contribution >= 0.6 is 0 Å². The number of ether oxygens (including phenoxy) is 3. The van der Waals surface area contributed by atoms with Crippen LogP contribution in [0.1, 0.15) is 303 Å². The maximum atomic E-state index is 12.9. The number of allylic oxidation sites excluding steroid dienone is 16. The van der Waals surface area contributed by atoms with Crippen LogP contribution in [-0.4, -0.2) is 37.2 Å². The second-order valence-electron chi connectivity index (χ2n) is 20.9. The van der Waals surface area contributed by atoms with Crippen LogP contribution in [0.3, 0.4) is 0 Å². The van der Waals surface area contributed by atoms with E-state index in [0.717, 1.165) is 128 Å². The molecule has 0 aromatic heterocycles. The van der Waals surface area contributed by atoms with E-state index in [4.69, 9.17) is 14.2 Å². The average Bonchev–Trinajstić information content (AvgIpc) is 3.41. The van der Waals surface area contributed by atoms with E-state index >= 15 is 0 Å². The zero-order valence-corrected chi connectivity index (χ0v) is 49.3. The van der Waals surface area contributed by atoms with Gasteiger partial charge in [-0.2, -0.15) is 0 Å². The SMILES string of the molecule is CC/C=C\C/C=C\C/C=C\C/C=C\C/C=C\C/C=C\C/C=C\CCCCCCCC(=O)OCC(COC(=O)CCCCCCC/C=C\CCCCCC)OC(=O)CCCCCCCCCCCCCCCCCCC. The van der Waals surface area contributed by atoms with E-state index in [1.165, 1.54) is 135 Å². The second-order valence-corrected chi connectivity index (χ2v) is 20.9. The molecule has 0 amide bonds. The summed E-state index contributed by atoms with van der Waals surface area (Å²) in [6, 6.07) is 0. The summed E-state index contributed by atoms with van der Waals surface area (Å²) in [5.74, 6) is -0.903. The Morgan fingerprint density at radius 1 is 0.280 bits per heavy atom. The van der Waals surface area contributed by atoms with Gasteiger partial charge >= 0.3 is 17.9 Å². The third kappa shape index (κ3) is 61.1. The molecule has 0 fully saturated rings. The molecule has 0 aromatic carbocycles. The Labute approximate surface area is 464 Å². The van der Waals surface area contributed by atoms with Gasteiger partial charge in [-0.05, 0) is 103 Å². The van der Waals surface area contributed by atoms with Gasteiger partial charge in [0, 0.05) is 19.3 Å². The molecule has 430 valence electrons. The third-order valence-corrected chi connectivity index (χ3v) is 13.6. The van der Waals surface area contributed by atoms with Crippen molar-refractivity contribution in [3.8, 4) is 0 Å². The predicted octanol–water partition coefficient (Wildman–Crippen LogP) is 21.7. The summed E-state index contributed by atoms with van der Waals surface area (Å²) in [5.41, 5.74) is 0. The maximum Gasteiger partial charge on any atom is 0.306 e. The molecular weight excluding hydrogens is 925 g/mol. The van der Waals surface area contributed by atoms with E-state index in [1.54, 1.807) is 0 Å². The first kappa shape index (κ1) is 71.3. The molecule has 0 saturated heterocycles. The highest BCUT2D eigenvalue weighted by atomic mass is 16.6. The smallest absolute Gasteiger partial charge is 0.306 e. The minimum atomic E-state index is -0.789. The molecule has 0 rings (SSSR count). The summed E-state index contributed by atoms with van der Waals surface area (Å²) in [5, 5.41) is 0. The number of carbonyl (C=O) groups is 3. The lowest BCUT2D eigenvalue weighted by atomic mass is 10.0. The van der Waals surface area contributed by atoms with Gasteiger partial charge in [0.25, 0.3) is 0 Å². The summed E-state index contributed by atoms with van der Waals surface area (Å²) >= 11 is 0. The maximum absolute atomic E-state index is 12.9. The largest absolute Gasteiger partial charge is 0.462 e. The molecule has 0 radical (unpaired) electrons.